The van der Waals surface area contributed by atoms with Gasteiger partial charge in [0, 0.05) is 62.4 Å². The molecule has 5 heteroatoms. The van der Waals surface area contributed by atoms with Crippen LogP contribution in [0.15, 0.2) is 207 Å². The van der Waals surface area contributed by atoms with Crippen molar-refractivity contribution in [2.45, 2.75) is 12.3 Å². The van der Waals surface area contributed by atoms with Gasteiger partial charge in [-0.1, -0.05) is 164 Å². The summed E-state index contributed by atoms with van der Waals surface area (Å²) in [7, 11) is 0. The predicted molar refractivity (Wildman–Crippen MR) is 242 cm³/mol. The number of rotatable bonds is 7. The third-order valence-corrected chi connectivity index (χ3v) is 11.5. The molecule has 1 atom stereocenters. The summed E-state index contributed by atoms with van der Waals surface area (Å²) in [5, 5.41) is 4.75. The number of pyridine rings is 1. The molecule has 0 aliphatic heterocycles. The second kappa shape index (κ2) is 14.6. The van der Waals surface area contributed by atoms with Crippen LogP contribution in [0.1, 0.15) is 17.9 Å². The molecule has 0 radical (unpaired) electrons. The highest BCUT2D eigenvalue weighted by molar-refractivity contribution is 6.10. The number of hydrogen-bond acceptors (Lipinski definition) is 4. The SMILES string of the molecule is C1=CCC(c2ccc(-c3nc(-c4ccc(-c5ccc6c(c5)c5ccccc5n6-c5ccccc5)cc4)nc(-c4ccc(-c5cncc6ccccc56)cc4)n3)cc2)C=C1. The lowest BCUT2D eigenvalue weighted by atomic mass is 9.92. The Morgan fingerprint density at radius 2 is 1.02 bits per heavy atom. The first-order valence-corrected chi connectivity index (χ1v) is 20.1. The van der Waals surface area contributed by atoms with Gasteiger partial charge in [0.05, 0.1) is 11.0 Å². The van der Waals surface area contributed by atoms with Crippen molar-refractivity contribution in [2.24, 2.45) is 0 Å². The Hall–Kier alpha value is -7.76. The van der Waals surface area contributed by atoms with Gasteiger partial charge in [-0.15, -0.1) is 0 Å². The summed E-state index contributed by atoms with van der Waals surface area (Å²) in [6, 6.07) is 60.0. The average Bonchev–Trinajstić information content (AvgIpc) is 3.66. The van der Waals surface area contributed by atoms with Crippen LogP contribution < -0.4 is 0 Å². The van der Waals surface area contributed by atoms with Gasteiger partial charge in [0.2, 0.25) is 0 Å². The minimum atomic E-state index is 0.371. The first kappa shape index (κ1) is 34.5. The standard InChI is InChI=1S/C54H37N5/c1-3-11-36(12-4-1)37-19-25-40(26-20-37)52-56-53(58-54(57-52)42-29-23-39(24-30-42)49-35-55-34-44-13-7-8-16-46(44)49)41-27-21-38(22-28-41)43-31-32-51-48(33-43)47-17-9-10-18-50(47)59(51)45-14-5-2-6-15-45/h1-11,13-36H,12H2. The molecule has 1 unspecified atom stereocenters. The average molecular weight is 756 g/mol. The molecule has 11 rings (SSSR count). The lowest BCUT2D eigenvalue weighted by molar-refractivity contribution is 0.854. The molecule has 3 heterocycles. The highest BCUT2D eigenvalue weighted by Crippen LogP contribution is 2.36. The molecule has 0 N–H and O–H groups in total. The van der Waals surface area contributed by atoms with E-state index >= 15 is 0 Å². The minimum Gasteiger partial charge on any atom is -0.309 e. The number of benzene rings is 7. The van der Waals surface area contributed by atoms with Crippen molar-refractivity contribution in [3.8, 4) is 62.1 Å². The highest BCUT2D eigenvalue weighted by atomic mass is 15.0. The summed E-state index contributed by atoms with van der Waals surface area (Å²) in [6.07, 6.45) is 13.6. The zero-order valence-corrected chi connectivity index (χ0v) is 32.2. The summed E-state index contributed by atoms with van der Waals surface area (Å²) in [4.78, 5) is 19.8. The fourth-order valence-electron chi connectivity index (χ4n) is 8.44. The van der Waals surface area contributed by atoms with Crippen LogP contribution in [0.2, 0.25) is 0 Å². The summed E-state index contributed by atoms with van der Waals surface area (Å²) in [6.45, 7) is 0. The molecule has 7 aromatic carbocycles. The van der Waals surface area contributed by atoms with Gasteiger partial charge >= 0.3 is 0 Å². The van der Waals surface area contributed by atoms with E-state index in [0.717, 1.165) is 56.4 Å². The molecule has 0 saturated carbocycles. The maximum Gasteiger partial charge on any atom is 0.164 e. The van der Waals surface area contributed by atoms with Crippen LogP contribution in [0.4, 0.5) is 0 Å². The van der Waals surface area contributed by atoms with Crippen molar-refractivity contribution in [3.63, 3.8) is 0 Å². The minimum absolute atomic E-state index is 0.371. The molecule has 3 aromatic heterocycles. The number of allylic oxidation sites excluding steroid dienone is 4. The summed E-state index contributed by atoms with van der Waals surface area (Å²) < 4.78 is 2.35. The predicted octanol–water partition coefficient (Wildman–Crippen LogP) is 13.5. The topological polar surface area (TPSA) is 56.5 Å². The normalized spacial score (nSPS) is 13.7. The van der Waals surface area contributed by atoms with Crippen LogP contribution in [0.5, 0.6) is 0 Å². The first-order chi connectivity index (χ1) is 29.2. The second-order valence-corrected chi connectivity index (χ2v) is 15.1. The van der Waals surface area contributed by atoms with E-state index in [1.807, 2.05) is 18.5 Å². The maximum absolute atomic E-state index is 5.10. The van der Waals surface area contributed by atoms with Gasteiger partial charge in [0.15, 0.2) is 17.5 Å². The molecule has 0 bridgehead atoms. The van der Waals surface area contributed by atoms with Crippen molar-refractivity contribution in [1.82, 2.24) is 24.5 Å². The molecule has 59 heavy (non-hydrogen) atoms. The fourth-order valence-corrected chi connectivity index (χ4v) is 8.44. The zero-order chi connectivity index (χ0) is 39.1. The monoisotopic (exact) mass is 755 g/mol. The molecule has 0 spiro atoms. The fraction of sp³-hybridized carbons (Fsp3) is 0.0370. The largest absolute Gasteiger partial charge is 0.309 e. The van der Waals surface area contributed by atoms with Gasteiger partial charge in [-0.25, -0.2) is 15.0 Å². The Kier molecular flexibility index (Phi) is 8.55. The van der Waals surface area contributed by atoms with Crippen molar-refractivity contribution >= 4 is 32.6 Å². The zero-order valence-electron chi connectivity index (χ0n) is 32.2. The van der Waals surface area contributed by atoms with Crippen LogP contribution in [0.3, 0.4) is 0 Å². The Labute approximate surface area is 342 Å². The van der Waals surface area contributed by atoms with Gasteiger partial charge in [-0.05, 0) is 64.4 Å². The van der Waals surface area contributed by atoms with Crippen LogP contribution in [0, 0.1) is 0 Å². The molecular weight excluding hydrogens is 719 g/mol. The molecule has 0 fully saturated rings. The van der Waals surface area contributed by atoms with Gasteiger partial charge in [0.1, 0.15) is 0 Å². The molecule has 5 nitrogen and oxygen atoms in total. The Bertz CT molecular complexity index is 3210. The molecule has 0 amide bonds. The Morgan fingerprint density at radius 1 is 0.441 bits per heavy atom. The second-order valence-electron chi connectivity index (χ2n) is 15.1. The summed E-state index contributed by atoms with van der Waals surface area (Å²) in [5.41, 5.74) is 12.1. The number of aromatic nitrogens is 5. The van der Waals surface area contributed by atoms with Crippen LogP contribution in [-0.4, -0.2) is 24.5 Å². The lowest BCUT2D eigenvalue weighted by Gasteiger charge is -2.14. The maximum atomic E-state index is 5.10. The third-order valence-electron chi connectivity index (χ3n) is 11.5. The molecule has 1 aliphatic carbocycles. The van der Waals surface area contributed by atoms with E-state index in [9.17, 15) is 0 Å². The number of fused-ring (bicyclic) bond motifs is 4. The van der Waals surface area contributed by atoms with E-state index in [0.29, 0.717) is 23.4 Å². The van der Waals surface area contributed by atoms with E-state index in [1.54, 1.807) is 0 Å². The summed E-state index contributed by atoms with van der Waals surface area (Å²) >= 11 is 0. The summed E-state index contributed by atoms with van der Waals surface area (Å²) in [5.74, 6) is 2.27. The van der Waals surface area contributed by atoms with Crippen LogP contribution in [0.25, 0.3) is 94.7 Å². The number of hydrogen-bond donors (Lipinski definition) is 0. The molecular formula is C54H37N5. The van der Waals surface area contributed by atoms with E-state index in [1.165, 1.54) is 32.8 Å². The smallest absolute Gasteiger partial charge is 0.164 e. The van der Waals surface area contributed by atoms with Crippen LogP contribution in [-0.2, 0) is 0 Å². The molecule has 1 aliphatic rings. The molecule has 0 saturated heterocycles. The first-order valence-electron chi connectivity index (χ1n) is 20.1. The Balaban J connectivity index is 0.969. The lowest BCUT2D eigenvalue weighted by Crippen LogP contribution is -2.01. The number of para-hydroxylation sites is 2. The van der Waals surface area contributed by atoms with E-state index in [4.69, 9.17) is 15.0 Å². The van der Waals surface area contributed by atoms with Crippen molar-refractivity contribution in [2.75, 3.05) is 0 Å². The molecule has 10 aromatic rings. The Morgan fingerprint density at radius 3 is 1.71 bits per heavy atom. The van der Waals surface area contributed by atoms with Gasteiger partial charge in [-0.2, -0.15) is 0 Å². The quantitative estimate of drug-likeness (QED) is 0.163. The van der Waals surface area contributed by atoms with E-state index in [-0.39, 0.29) is 0 Å². The third kappa shape index (κ3) is 6.39. The van der Waals surface area contributed by atoms with Crippen molar-refractivity contribution in [1.29, 1.82) is 0 Å². The highest BCUT2D eigenvalue weighted by Gasteiger charge is 2.17. The number of nitrogens with zero attached hydrogens (tertiary/aromatic N) is 5. The van der Waals surface area contributed by atoms with Gasteiger partial charge in [0.25, 0.3) is 0 Å². The molecule has 278 valence electrons. The van der Waals surface area contributed by atoms with Crippen molar-refractivity contribution in [3.05, 3.63) is 212 Å². The van der Waals surface area contributed by atoms with E-state index in [2.05, 4.69) is 198 Å². The van der Waals surface area contributed by atoms with Crippen LogP contribution >= 0.6 is 0 Å². The van der Waals surface area contributed by atoms with E-state index < -0.39 is 0 Å². The van der Waals surface area contributed by atoms with Gasteiger partial charge in [-0.3, -0.25) is 4.98 Å². The van der Waals surface area contributed by atoms with Gasteiger partial charge < -0.3 is 4.57 Å². The van der Waals surface area contributed by atoms with Crippen molar-refractivity contribution < 1.29 is 0 Å².